The van der Waals surface area contributed by atoms with Crippen molar-refractivity contribution in [2.75, 3.05) is 13.6 Å². The van der Waals surface area contributed by atoms with Crippen LogP contribution in [0, 0.1) is 5.41 Å². The van der Waals surface area contributed by atoms with Crippen LogP contribution in [0.4, 0.5) is 0 Å². The number of nitrogens with one attached hydrogen (secondary N) is 1. The Morgan fingerprint density at radius 2 is 2.23 bits per heavy atom. The Kier molecular flexibility index (Phi) is 3.27. The first-order valence-corrected chi connectivity index (χ1v) is 4.67. The van der Waals surface area contributed by atoms with E-state index < -0.39 is 17.5 Å². The fourth-order valence-corrected chi connectivity index (χ4v) is 1.87. The van der Waals surface area contributed by atoms with Crippen LogP contribution >= 0.6 is 0 Å². The first-order valence-electron chi connectivity index (χ1n) is 4.67. The van der Waals surface area contributed by atoms with Crippen LogP contribution in [0.25, 0.3) is 0 Å². The Morgan fingerprint density at radius 3 is 2.54 bits per heavy atom. The van der Waals surface area contributed by atoms with E-state index in [9.17, 15) is 9.90 Å². The Labute approximate surface area is 78.0 Å². The molecule has 1 atom stereocenters. The molecule has 0 aromatic rings. The molecule has 0 amide bonds. The normalized spacial score (nSPS) is 22.0. The average molecular weight is 187 g/mol. The minimum absolute atomic E-state index is 0.378. The number of aliphatic hydroxyl groups is 1. The fraction of sp³-hybridized carbons (Fsp3) is 0.889. The SMILES string of the molecule is CNC[C@H](O)CC1(C(=O)O)CCC1. The maximum absolute atomic E-state index is 10.9. The molecule has 3 N–H and O–H groups in total. The maximum Gasteiger partial charge on any atom is 0.309 e. The average Bonchev–Trinajstić information content (AvgIpc) is 1.96. The summed E-state index contributed by atoms with van der Waals surface area (Å²) in [5, 5.41) is 21.3. The van der Waals surface area contributed by atoms with Gasteiger partial charge in [-0.2, -0.15) is 0 Å². The lowest BCUT2D eigenvalue weighted by Crippen LogP contribution is -2.42. The number of carboxylic acid groups (broad SMARTS) is 1. The van der Waals surface area contributed by atoms with Crippen LogP contribution in [-0.2, 0) is 4.79 Å². The highest BCUT2D eigenvalue weighted by atomic mass is 16.4. The van der Waals surface area contributed by atoms with Crippen LogP contribution in [0.3, 0.4) is 0 Å². The second kappa shape index (κ2) is 4.07. The summed E-state index contributed by atoms with van der Waals surface area (Å²) >= 11 is 0. The quantitative estimate of drug-likeness (QED) is 0.575. The van der Waals surface area contributed by atoms with E-state index in [4.69, 9.17) is 5.11 Å². The van der Waals surface area contributed by atoms with Crippen molar-refractivity contribution < 1.29 is 15.0 Å². The van der Waals surface area contributed by atoms with Gasteiger partial charge in [0.2, 0.25) is 0 Å². The Hall–Kier alpha value is -0.610. The summed E-state index contributed by atoms with van der Waals surface area (Å²) in [7, 11) is 1.75. The molecule has 1 rings (SSSR count). The van der Waals surface area contributed by atoms with Crippen LogP contribution in [0.1, 0.15) is 25.7 Å². The number of carbonyl (C=O) groups is 1. The van der Waals surface area contributed by atoms with Crippen molar-refractivity contribution in [3.63, 3.8) is 0 Å². The highest BCUT2D eigenvalue weighted by Crippen LogP contribution is 2.44. The molecule has 1 fully saturated rings. The molecule has 1 saturated carbocycles. The molecule has 0 aromatic carbocycles. The number of carboxylic acids is 1. The highest BCUT2D eigenvalue weighted by molar-refractivity contribution is 5.75. The second-order valence-corrected chi connectivity index (χ2v) is 3.85. The van der Waals surface area contributed by atoms with Gasteiger partial charge in [-0.05, 0) is 26.3 Å². The molecule has 4 heteroatoms. The van der Waals surface area contributed by atoms with Gasteiger partial charge in [-0.15, -0.1) is 0 Å². The number of rotatable bonds is 5. The largest absolute Gasteiger partial charge is 0.481 e. The molecular weight excluding hydrogens is 170 g/mol. The van der Waals surface area contributed by atoms with Gasteiger partial charge in [0, 0.05) is 6.54 Å². The molecule has 1 aliphatic rings. The van der Waals surface area contributed by atoms with Crippen molar-refractivity contribution in [2.45, 2.75) is 31.8 Å². The van der Waals surface area contributed by atoms with Gasteiger partial charge < -0.3 is 15.5 Å². The predicted octanol–water partition coefficient (Wildman–Crippen LogP) is 0.212. The molecule has 0 radical (unpaired) electrons. The molecular formula is C9H17NO3. The van der Waals surface area contributed by atoms with Gasteiger partial charge in [-0.1, -0.05) is 6.42 Å². The maximum atomic E-state index is 10.9. The van der Waals surface area contributed by atoms with Crippen LogP contribution in [0.5, 0.6) is 0 Å². The van der Waals surface area contributed by atoms with Crippen molar-refractivity contribution in [3.8, 4) is 0 Å². The van der Waals surface area contributed by atoms with E-state index in [2.05, 4.69) is 5.32 Å². The summed E-state index contributed by atoms with van der Waals surface area (Å²) in [4.78, 5) is 10.9. The van der Waals surface area contributed by atoms with Crippen molar-refractivity contribution in [3.05, 3.63) is 0 Å². The molecule has 4 nitrogen and oxygen atoms in total. The molecule has 1 aliphatic carbocycles. The summed E-state index contributed by atoms with van der Waals surface area (Å²) in [5.41, 5.74) is -0.629. The summed E-state index contributed by atoms with van der Waals surface area (Å²) in [6.45, 7) is 0.467. The predicted molar refractivity (Wildman–Crippen MR) is 48.5 cm³/mol. The van der Waals surface area contributed by atoms with Gasteiger partial charge in [0.1, 0.15) is 0 Å². The van der Waals surface area contributed by atoms with Crippen LogP contribution in [-0.4, -0.2) is 35.9 Å². The van der Waals surface area contributed by atoms with Crippen LogP contribution < -0.4 is 5.32 Å². The molecule has 0 unspecified atom stereocenters. The lowest BCUT2D eigenvalue weighted by atomic mass is 9.65. The van der Waals surface area contributed by atoms with Gasteiger partial charge in [-0.25, -0.2) is 0 Å². The van der Waals surface area contributed by atoms with Crippen LogP contribution in [0.2, 0.25) is 0 Å². The minimum Gasteiger partial charge on any atom is -0.481 e. The Bertz CT molecular complexity index is 189. The number of aliphatic hydroxyl groups excluding tert-OH is 1. The number of likely N-dealkylation sites (N-methyl/N-ethyl adjacent to an activating group) is 1. The van der Waals surface area contributed by atoms with Crippen LogP contribution in [0.15, 0.2) is 0 Å². The van der Waals surface area contributed by atoms with Gasteiger partial charge in [-0.3, -0.25) is 4.79 Å². The standard InChI is InChI=1S/C9H17NO3/c1-10-6-7(11)5-9(8(12)13)3-2-4-9/h7,10-11H,2-6H2,1H3,(H,12,13)/t7-/m1/s1. The van der Waals surface area contributed by atoms with Crippen molar-refractivity contribution in [2.24, 2.45) is 5.41 Å². The molecule has 0 heterocycles. The van der Waals surface area contributed by atoms with E-state index in [0.29, 0.717) is 25.8 Å². The van der Waals surface area contributed by atoms with E-state index in [1.807, 2.05) is 0 Å². The topological polar surface area (TPSA) is 69.6 Å². The van der Waals surface area contributed by atoms with Gasteiger partial charge in [0.05, 0.1) is 11.5 Å². The second-order valence-electron chi connectivity index (χ2n) is 3.85. The summed E-state index contributed by atoms with van der Waals surface area (Å²) < 4.78 is 0. The Balaban J connectivity index is 2.44. The first kappa shape index (κ1) is 10.5. The van der Waals surface area contributed by atoms with E-state index in [1.54, 1.807) is 7.05 Å². The smallest absolute Gasteiger partial charge is 0.309 e. The fourth-order valence-electron chi connectivity index (χ4n) is 1.87. The molecule has 0 bridgehead atoms. The number of aliphatic carboxylic acids is 1. The van der Waals surface area contributed by atoms with E-state index in [1.165, 1.54) is 0 Å². The van der Waals surface area contributed by atoms with E-state index in [-0.39, 0.29) is 0 Å². The number of hydrogen-bond donors (Lipinski definition) is 3. The van der Waals surface area contributed by atoms with Crippen molar-refractivity contribution >= 4 is 5.97 Å². The zero-order valence-electron chi connectivity index (χ0n) is 7.92. The lowest BCUT2D eigenvalue weighted by molar-refractivity contribution is -0.157. The van der Waals surface area contributed by atoms with E-state index >= 15 is 0 Å². The molecule has 0 aliphatic heterocycles. The third-order valence-corrected chi connectivity index (χ3v) is 2.83. The van der Waals surface area contributed by atoms with Gasteiger partial charge in [0.25, 0.3) is 0 Å². The monoisotopic (exact) mass is 187 g/mol. The zero-order valence-corrected chi connectivity index (χ0v) is 7.92. The third-order valence-electron chi connectivity index (χ3n) is 2.83. The van der Waals surface area contributed by atoms with Crippen molar-refractivity contribution in [1.29, 1.82) is 0 Å². The zero-order chi connectivity index (χ0) is 9.90. The van der Waals surface area contributed by atoms with Crippen molar-refractivity contribution in [1.82, 2.24) is 5.32 Å². The van der Waals surface area contributed by atoms with E-state index in [0.717, 1.165) is 6.42 Å². The molecule has 0 spiro atoms. The summed E-state index contributed by atoms with van der Waals surface area (Å²) in [5.74, 6) is -0.756. The lowest BCUT2D eigenvalue weighted by Gasteiger charge is -2.39. The molecule has 0 saturated heterocycles. The molecule has 13 heavy (non-hydrogen) atoms. The van der Waals surface area contributed by atoms with Gasteiger partial charge in [0.15, 0.2) is 0 Å². The number of hydrogen-bond acceptors (Lipinski definition) is 3. The summed E-state index contributed by atoms with van der Waals surface area (Å²) in [6.07, 6.45) is 2.23. The molecule has 76 valence electrons. The molecule has 0 aromatic heterocycles. The third kappa shape index (κ3) is 2.19. The highest BCUT2D eigenvalue weighted by Gasteiger charge is 2.45. The Morgan fingerprint density at radius 1 is 1.62 bits per heavy atom. The van der Waals surface area contributed by atoms with Gasteiger partial charge >= 0.3 is 5.97 Å². The first-order chi connectivity index (χ1) is 6.10. The minimum atomic E-state index is -0.756. The summed E-state index contributed by atoms with van der Waals surface area (Å²) in [6, 6.07) is 0.